The molecule has 0 saturated carbocycles. The number of rotatable bonds is 7. The highest BCUT2D eigenvalue weighted by Crippen LogP contribution is 2.24. The Morgan fingerprint density at radius 2 is 2.06 bits per heavy atom. The van der Waals surface area contributed by atoms with Gasteiger partial charge < -0.3 is 5.73 Å². The van der Waals surface area contributed by atoms with Crippen LogP contribution in [0.3, 0.4) is 0 Å². The first-order valence-corrected chi connectivity index (χ1v) is 6.90. The van der Waals surface area contributed by atoms with Gasteiger partial charge >= 0.3 is 0 Å². The van der Waals surface area contributed by atoms with E-state index < -0.39 is 0 Å². The smallest absolute Gasteiger partial charge is 0.125 e. The van der Waals surface area contributed by atoms with Gasteiger partial charge in [0, 0.05) is 17.6 Å². The van der Waals surface area contributed by atoms with Crippen LogP contribution in [0.25, 0.3) is 0 Å². The number of likely N-dealkylation sites (N-methyl/N-ethyl adjacent to an activating group) is 1. The highest BCUT2D eigenvalue weighted by Gasteiger charge is 2.18. The molecular formula is C14H22ClFN2. The molecule has 0 aliphatic carbocycles. The number of nitrogens with two attached hydrogens (primary N) is 1. The molecule has 1 rings (SSSR count). The Bertz CT molecular complexity index is 351. The minimum Gasteiger partial charge on any atom is -0.329 e. The van der Waals surface area contributed by atoms with Crippen molar-refractivity contribution < 1.29 is 4.39 Å². The first-order chi connectivity index (χ1) is 8.62. The maximum atomic E-state index is 13.4. The van der Waals surface area contributed by atoms with Crippen molar-refractivity contribution in [3.8, 4) is 0 Å². The molecular weight excluding hydrogens is 251 g/mol. The third-order valence-electron chi connectivity index (χ3n) is 3.14. The molecule has 0 amide bonds. The fraction of sp³-hybridized carbons (Fsp3) is 0.571. The topological polar surface area (TPSA) is 29.3 Å². The van der Waals surface area contributed by atoms with Crippen LogP contribution in [-0.4, -0.2) is 24.5 Å². The third kappa shape index (κ3) is 4.23. The summed E-state index contributed by atoms with van der Waals surface area (Å²) in [5, 5.41) is 0.426. The molecule has 102 valence electrons. The Kier molecular flexibility index (Phi) is 6.61. The molecule has 0 aliphatic heterocycles. The lowest BCUT2D eigenvalue weighted by Gasteiger charge is -2.30. The van der Waals surface area contributed by atoms with E-state index in [2.05, 4.69) is 18.7 Å². The number of halogens is 2. The molecule has 4 heteroatoms. The molecule has 0 saturated heterocycles. The molecule has 18 heavy (non-hydrogen) atoms. The van der Waals surface area contributed by atoms with E-state index in [1.807, 2.05) is 0 Å². The van der Waals surface area contributed by atoms with E-state index >= 15 is 0 Å². The fourth-order valence-electron chi connectivity index (χ4n) is 2.16. The molecule has 0 bridgehead atoms. The molecule has 0 radical (unpaired) electrons. The minimum atomic E-state index is -0.303. The molecule has 0 fully saturated rings. The predicted octanol–water partition coefficient (Wildman–Crippen LogP) is 3.60. The number of unbranched alkanes of at least 4 members (excludes halogenated alkanes) is 1. The van der Waals surface area contributed by atoms with Crippen LogP contribution in [0.4, 0.5) is 4.39 Å². The van der Waals surface area contributed by atoms with Crippen molar-refractivity contribution in [3.63, 3.8) is 0 Å². The number of hydrogen-bond acceptors (Lipinski definition) is 2. The summed E-state index contributed by atoms with van der Waals surface area (Å²) in [6.45, 7) is 6.60. The van der Waals surface area contributed by atoms with Crippen LogP contribution in [-0.2, 0) is 0 Å². The molecule has 1 atom stereocenters. The first kappa shape index (κ1) is 15.4. The van der Waals surface area contributed by atoms with Crippen LogP contribution >= 0.6 is 11.6 Å². The highest BCUT2D eigenvalue weighted by molar-refractivity contribution is 6.30. The third-order valence-corrected chi connectivity index (χ3v) is 3.36. The van der Waals surface area contributed by atoms with E-state index in [-0.39, 0.29) is 11.9 Å². The summed E-state index contributed by atoms with van der Waals surface area (Å²) in [7, 11) is 0. The van der Waals surface area contributed by atoms with Crippen molar-refractivity contribution in [2.24, 2.45) is 5.73 Å². The van der Waals surface area contributed by atoms with Crippen molar-refractivity contribution in [3.05, 3.63) is 34.6 Å². The van der Waals surface area contributed by atoms with Gasteiger partial charge in [-0.15, -0.1) is 0 Å². The maximum absolute atomic E-state index is 13.4. The van der Waals surface area contributed by atoms with Gasteiger partial charge in [0.25, 0.3) is 0 Å². The van der Waals surface area contributed by atoms with Gasteiger partial charge in [0.15, 0.2) is 0 Å². The highest BCUT2D eigenvalue weighted by atomic mass is 35.5. The number of hydrogen-bond donors (Lipinski definition) is 1. The minimum absolute atomic E-state index is 0.0368. The van der Waals surface area contributed by atoms with Gasteiger partial charge in [-0.3, -0.25) is 4.90 Å². The van der Waals surface area contributed by atoms with Crippen molar-refractivity contribution in [1.82, 2.24) is 4.90 Å². The van der Waals surface area contributed by atoms with Gasteiger partial charge in [-0.05, 0) is 43.3 Å². The fourth-order valence-corrected chi connectivity index (χ4v) is 2.39. The zero-order chi connectivity index (χ0) is 13.5. The average Bonchev–Trinajstić information content (AvgIpc) is 2.33. The SMILES string of the molecule is CCCCN(CC)C(CN)c1cc(F)cc(Cl)c1. The molecule has 1 aromatic rings. The summed E-state index contributed by atoms with van der Waals surface area (Å²) in [4.78, 5) is 2.27. The van der Waals surface area contributed by atoms with Crippen molar-refractivity contribution in [1.29, 1.82) is 0 Å². The predicted molar refractivity (Wildman–Crippen MR) is 75.4 cm³/mol. The summed E-state index contributed by atoms with van der Waals surface area (Å²) in [5.74, 6) is -0.303. The zero-order valence-electron chi connectivity index (χ0n) is 11.1. The van der Waals surface area contributed by atoms with Gasteiger partial charge in [0.2, 0.25) is 0 Å². The Morgan fingerprint density at radius 1 is 1.33 bits per heavy atom. The van der Waals surface area contributed by atoms with Gasteiger partial charge in [-0.1, -0.05) is 31.9 Å². The molecule has 0 heterocycles. The second-order valence-electron chi connectivity index (χ2n) is 4.44. The van der Waals surface area contributed by atoms with Crippen molar-refractivity contribution in [2.45, 2.75) is 32.7 Å². The van der Waals surface area contributed by atoms with Crippen molar-refractivity contribution in [2.75, 3.05) is 19.6 Å². The van der Waals surface area contributed by atoms with E-state index in [4.69, 9.17) is 17.3 Å². The monoisotopic (exact) mass is 272 g/mol. The molecule has 2 nitrogen and oxygen atoms in total. The lowest BCUT2D eigenvalue weighted by Crippen LogP contribution is -2.34. The molecule has 2 N–H and O–H groups in total. The standard InChI is InChI=1S/C14H22ClFN2/c1-3-5-6-18(4-2)14(10-17)11-7-12(15)9-13(16)8-11/h7-9,14H,3-6,10,17H2,1-2H3. The molecule has 0 aliphatic rings. The number of benzene rings is 1. The van der Waals surface area contributed by atoms with Gasteiger partial charge in [-0.2, -0.15) is 0 Å². The molecule has 0 aromatic heterocycles. The lowest BCUT2D eigenvalue weighted by molar-refractivity contribution is 0.209. The van der Waals surface area contributed by atoms with Crippen LogP contribution in [0.1, 0.15) is 38.3 Å². The summed E-state index contributed by atoms with van der Waals surface area (Å²) < 4.78 is 13.4. The first-order valence-electron chi connectivity index (χ1n) is 6.52. The number of nitrogens with zero attached hydrogens (tertiary/aromatic N) is 1. The van der Waals surface area contributed by atoms with Crippen LogP contribution < -0.4 is 5.73 Å². The van der Waals surface area contributed by atoms with E-state index in [1.165, 1.54) is 12.1 Å². The van der Waals surface area contributed by atoms with Crippen LogP contribution in [0.5, 0.6) is 0 Å². The second-order valence-corrected chi connectivity index (χ2v) is 4.87. The van der Waals surface area contributed by atoms with Crippen LogP contribution in [0.2, 0.25) is 5.02 Å². The lowest BCUT2D eigenvalue weighted by atomic mass is 10.0. The second kappa shape index (κ2) is 7.72. The van der Waals surface area contributed by atoms with Gasteiger partial charge in [0.1, 0.15) is 5.82 Å². The Labute approximate surface area is 114 Å². The van der Waals surface area contributed by atoms with E-state index in [9.17, 15) is 4.39 Å². The molecule has 1 unspecified atom stereocenters. The van der Waals surface area contributed by atoms with E-state index in [1.54, 1.807) is 6.07 Å². The van der Waals surface area contributed by atoms with Crippen molar-refractivity contribution >= 4 is 11.6 Å². The molecule has 1 aromatic carbocycles. The quantitative estimate of drug-likeness (QED) is 0.822. The van der Waals surface area contributed by atoms with Crippen LogP contribution in [0, 0.1) is 5.82 Å². The summed E-state index contributed by atoms with van der Waals surface area (Å²) in [6, 6.07) is 4.69. The maximum Gasteiger partial charge on any atom is 0.125 e. The average molecular weight is 273 g/mol. The largest absolute Gasteiger partial charge is 0.329 e. The molecule has 0 spiro atoms. The van der Waals surface area contributed by atoms with E-state index in [0.29, 0.717) is 11.6 Å². The summed E-state index contributed by atoms with van der Waals surface area (Å²) >= 11 is 5.90. The summed E-state index contributed by atoms with van der Waals surface area (Å²) in [6.07, 6.45) is 2.26. The summed E-state index contributed by atoms with van der Waals surface area (Å²) in [5.41, 5.74) is 6.71. The Morgan fingerprint density at radius 3 is 2.56 bits per heavy atom. The van der Waals surface area contributed by atoms with Crippen LogP contribution in [0.15, 0.2) is 18.2 Å². The van der Waals surface area contributed by atoms with E-state index in [0.717, 1.165) is 31.5 Å². The van der Waals surface area contributed by atoms with Gasteiger partial charge in [-0.25, -0.2) is 4.39 Å². The zero-order valence-corrected chi connectivity index (χ0v) is 11.9. The normalized spacial score (nSPS) is 13.0. The Balaban J connectivity index is 2.91. The van der Waals surface area contributed by atoms with Gasteiger partial charge in [0.05, 0.1) is 0 Å². The Hall–Kier alpha value is -0.640.